The number of sulfonamides is 1. The summed E-state index contributed by atoms with van der Waals surface area (Å²) in [7, 11) is -1.71. The van der Waals surface area contributed by atoms with Crippen molar-refractivity contribution in [1.82, 2.24) is 9.21 Å². The first kappa shape index (κ1) is 22.2. The predicted octanol–water partition coefficient (Wildman–Crippen LogP) is 3.26. The van der Waals surface area contributed by atoms with E-state index in [4.69, 9.17) is 4.42 Å². The van der Waals surface area contributed by atoms with Crippen molar-refractivity contribution < 1.29 is 17.6 Å². The molecule has 0 spiro atoms. The Bertz CT molecular complexity index is 1320. The Labute approximate surface area is 187 Å². The second kappa shape index (κ2) is 8.52. The molecule has 32 heavy (non-hydrogen) atoms. The average Bonchev–Trinajstić information content (AvgIpc) is 2.80. The standard InChI is InChI=1S/C24H26N2O5S/c1-16-21(27)19-10-7-11-20(23(19)31-22(16)17-8-5-4-6-9-17)24(28)26-14-12-18(13-15-26)25(2)32(3,29)30/h4-11,18H,12-15H2,1-3H3. The maximum absolute atomic E-state index is 13.4. The Kier molecular flexibility index (Phi) is 5.92. The first-order chi connectivity index (χ1) is 15.2. The SMILES string of the molecule is Cc1c(-c2ccccc2)oc2c(C(=O)N3CCC(N(C)S(C)(=O)=O)CC3)cccc2c1=O. The minimum Gasteiger partial charge on any atom is -0.455 e. The van der Waals surface area contributed by atoms with Gasteiger partial charge in [-0.15, -0.1) is 0 Å². The number of rotatable bonds is 4. The first-order valence-electron chi connectivity index (χ1n) is 10.5. The highest BCUT2D eigenvalue weighted by Gasteiger charge is 2.30. The molecule has 1 saturated heterocycles. The van der Waals surface area contributed by atoms with E-state index in [2.05, 4.69) is 0 Å². The van der Waals surface area contributed by atoms with Crippen molar-refractivity contribution in [3.05, 3.63) is 69.9 Å². The zero-order chi connectivity index (χ0) is 23.0. The van der Waals surface area contributed by atoms with E-state index in [-0.39, 0.29) is 23.0 Å². The Balaban J connectivity index is 1.69. The summed E-state index contributed by atoms with van der Waals surface area (Å²) in [5, 5.41) is 0.375. The van der Waals surface area contributed by atoms with Crippen LogP contribution in [0.1, 0.15) is 28.8 Å². The lowest BCUT2D eigenvalue weighted by atomic mass is 10.0. The molecule has 0 radical (unpaired) electrons. The summed E-state index contributed by atoms with van der Waals surface area (Å²) in [6.45, 7) is 2.59. The van der Waals surface area contributed by atoms with Gasteiger partial charge in [0, 0.05) is 37.3 Å². The van der Waals surface area contributed by atoms with Gasteiger partial charge in [-0.3, -0.25) is 9.59 Å². The van der Waals surface area contributed by atoms with Gasteiger partial charge in [-0.2, -0.15) is 0 Å². The van der Waals surface area contributed by atoms with Crippen LogP contribution < -0.4 is 5.43 Å². The fourth-order valence-corrected chi connectivity index (χ4v) is 4.97. The van der Waals surface area contributed by atoms with Crippen molar-refractivity contribution in [3.8, 4) is 11.3 Å². The van der Waals surface area contributed by atoms with Crippen molar-refractivity contribution in [2.24, 2.45) is 0 Å². The molecule has 2 aromatic carbocycles. The Morgan fingerprint density at radius 2 is 1.72 bits per heavy atom. The first-order valence-corrected chi connectivity index (χ1v) is 12.4. The zero-order valence-electron chi connectivity index (χ0n) is 18.4. The van der Waals surface area contributed by atoms with Gasteiger partial charge in [-0.25, -0.2) is 12.7 Å². The third-order valence-electron chi connectivity index (χ3n) is 6.20. The molecule has 0 bridgehead atoms. The minimum atomic E-state index is -3.28. The lowest BCUT2D eigenvalue weighted by Crippen LogP contribution is -2.47. The van der Waals surface area contributed by atoms with Gasteiger partial charge in [0.1, 0.15) is 5.76 Å². The van der Waals surface area contributed by atoms with Gasteiger partial charge in [-0.05, 0) is 31.9 Å². The minimum absolute atomic E-state index is 0.133. The van der Waals surface area contributed by atoms with Crippen LogP contribution in [0.15, 0.2) is 57.7 Å². The summed E-state index contributed by atoms with van der Waals surface area (Å²) < 4.78 is 31.2. The molecule has 3 aromatic rings. The fraction of sp³-hybridized carbons (Fsp3) is 0.333. The van der Waals surface area contributed by atoms with Gasteiger partial charge in [-0.1, -0.05) is 36.4 Å². The largest absolute Gasteiger partial charge is 0.455 e. The summed E-state index contributed by atoms with van der Waals surface area (Å²) in [4.78, 5) is 28.1. The van der Waals surface area contributed by atoms with E-state index in [9.17, 15) is 18.0 Å². The van der Waals surface area contributed by atoms with E-state index in [1.807, 2.05) is 30.3 Å². The number of benzene rings is 2. The molecule has 1 aliphatic heterocycles. The average molecular weight is 455 g/mol. The van der Waals surface area contributed by atoms with Crippen LogP contribution >= 0.6 is 0 Å². The molecule has 1 aromatic heterocycles. The van der Waals surface area contributed by atoms with Gasteiger partial charge < -0.3 is 9.32 Å². The van der Waals surface area contributed by atoms with Crippen molar-refractivity contribution in [3.63, 3.8) is 0 Å². The van der Waals surface area contributed by atoms with Crippen molar-refractivity contribution >= 4 is 26.9 Å². The molecule has 0 saturated carbocycles. The molecule has 4 rings (SSSR count). The highest BCUT2D eigenvalue weighted by molar-refractivity contribution is 7.88. The molecule has 2 heterocycles. The van der Waals surface area contributed by atoms with Gasteiger partial charge in [0.25, 0.3) is 5.91 Å². The summed E-state index contributed by atoms with van der Waals surface area (Å²) >= 11 is 0. The topological polar surface area (TPSA) is 87.9 Å². The molecule has 7 nitrogen and oxygen atoms in total. The number of nitrogens with zero attached hydrogens (tertiary/aromatic N) is 2. The van der Waals surface area contributed by atoms with E-state index in [1.54, 1.807) is 37.1 Å². The molecule has 8 heteroatoms. The number of para-hydroxylation sites is 1. The van der Waals surface area contributed by atoms with Crippen LogP contribution in [0.3, 0.4) is 0 Å². The third kappa shape index (κ3) is 4.08. The van der Waals surface area contributed by atoms with E-state index < -0.39 is 10.0 Å². The van der Waals surface area contributed by atoms with E-state index in [0.29, 0.717) is 48.2 Å². The maximum Gasteiger partial charge on any atom is 0.257 e. The lowest BCUT2D eigenvalue weighted by Gasteiger charge is -2.35. The van der Waals surface area contributed by atoms with Gasteiger partial charge in [0.2, 0.25) is 10.0 Å². The molecule has 0 N–H and O–H groups in total. The van der Waals surface area contributed by atoms with Crippen molar-refractivity contribution in [2.75, 3.05) is 26.4 Å². The van der Waals surface area contributed by atoms with E-state index in [1.165, 1.54) is 10.6 Å². The fourth-order valence-electron chi connectivity index (χ4n) is 4.22. The zero-order valence-corrected chi connectivity index (χ0v) is 19.2. The number of carbonyl (C=O) groups excluding carboxylic acids is 1. The summed E-state index contributed by atoms with van der Waals surface area (Å²) in [5.41, 5.74) is 1.73. The number of fused-ring (bicyclic) bond motifs is 1. The second-order valence-electron chi connectivity index (χ2n) is 8.24. The summed E-state index contributed by atoms with van der Waals surface area (Å²) in [6, 6.07) is 14.3. The van der Waals surface area contributed by atoms with Crippen LogP contribution in [0.25, 0.3) is 22.3 Å². The van der Waals surface area contributed by atoms with Crippen LogP contribution in [0.2, 0.25) is 0 Å². The Morgan fingerprint density at radius 1 is 1.06 bits per heavy atom. The maximum atomic E-state index is 13.4. The molecule has 168 valence electrons. The highest BCUT2D eigenvalue weighted by Crippen LogP contribution is 2.28. The highest BCUT2D eigenvalue weighted by atomic mass is 32.2. The third-order valence-corrected chi connectivity index (χ3v) is 7.54. The van der Waals surface area contributed by atoms with E-state index >= 15 is 0 Å². The summed E-state index contributed by atoms with van der Waals surface area (Å²) in [5.74, 6) is 0.235. The Morgan fingerprint density at radius 3 is 2.34 bits per heavy atom. The van der Waals surface area contributed by atoms with Gasteiger partial charge in [0.15, 0.2) is 11.0 Å². The quantitative estimate of drug-likeness (QED) is 0.604. The van der Waals surface area contributed by atoms with Crippen LogP contribution in [-0.4, -0.2) is 56.0 Å². The molecule has 0 atom stereocenters. The molecule has 0 aliphatic carbocycles. The molecular weight excluding hydrogens is 428 g/mol. The van der Waals surface area contributed by atoms with Crippen LogP contribution in [0.4, 0.5) is 0 Å². The molecule has 0 unspecified atom stereocenters. The molecular formula is C24H26N2O5S. The number of likely N-dealkylation sites (tertiary alicyclic amines) is 1. The van der Waals surface area contributed by atoms with Gasteiger partial charge >= 0.3 is 0 Å². The summed E-state index contributed by atoms with van der Waals surface area (Å²) in [6.07, 6.45) is 2.30. The number of carbonyl (C=O) groups is 1. The van der Waals surface area contributed by atoms with Crippen molar-refractivity contribution in [2.45, 2.75) is 25.8 Å². The van der Waals surface area contributed by atoms with Gasteiger partial charge in [0.05, 0.1) is 17.2 Å². The number of amides is 1. The normalized spacial score (nSPS) is 15.4. The number of hydrogen-bond acceptors (Lipinski definition) is 5. The van der Waals surface area contributed by atoms with Crippen LogP contribution in [0.5, 0.6) is 0 Å². The smallest absolute Gasteiger partial charge is 0.257 e. The molecule has 1 aliphatic rings. The number of piperidine rings is 1. The number of hydrogen-bond donors (Lipinski definition) is 0. The Hall–Kier alpha value is -2.97. The van der Waals surface area contributed by atoms with Crippen molar-refractivity contribution in [1.29, 1.82) is 0 Å². The molecule has 1 fully saturated rings. The van der Waals surface area contributed by atoms with Crippen LogP contribution in [-0.2, 0) is 10.0 Å². The second-order valence-corrected chi connectivity index (χ2v) is 10.3. The predicted molar refractivity (Wildman–Crippen MR) is 124 cm³/mol. The monoisotopic (exact) mass is 454 g/mol. The van der Waals surface area contributed by atoms with Crippen LogP contribution in [0, 0.1) is 6.92 Å². The molecule has 1 amide bonds. The lowest BCUT2D eigenvalue weighted by molar-refractivity contribution is 0.0687. The van der Waals surface area contributed by atoms with E-state index in [0.717, 1.165) is 5.56 Å².